The summed E-state index contributed by atoms with van der Waals surface area (Å²) in [5.41, 5.74) is -0.389. The lowest BCUT2D eigenvalue weighted by Gasteiger charge is -2.45. The van der Waals surface area contributed by atoms with Gasteiger partial charge in [-0.05, 0) is 5.41 Å². The molecule has 0 aromatic heterocycles. The van der Waals surface area contributed by atoms with Crippen LogP contribution in [0.5, 0.6) is 0 Å². The molecule has 0 radical (unpaired) electrons. The zero-order chi connectivity index (χ0) is 11.8. The van der Waals surface area contributed by atoms with Crippen LogP contribution < -0.4 is 0 Å². The van der Waals surface area contributed by atoms with Crippen molar-refractivity contribution in [2.75, 3.05) is 6.61 Å². The zero-order valence-corrected chi connectivity index (χ0v) is 9.29. The van der Waals surface area contributed by atoms with Crippen LogP contribution in [0.25, 0.3) is 0 Å². The van der Waals surface area contributed by atoms with E-state index in [1.807, 2.05) is 20.8 Å². The van der Waals surface area contributed by atoms with Crippen molar-refractivity contribution in [1.82, 2.24) is 0 Å². The normalized spacial score (nSPS) is 43.0. The Balaban J connectivity index is 2.84. The number of hydrogen-bond acceptors (Lipinski definition) is 5. The third-order valence-corrected chi connectivity index (χ3v) is 2.90. The molecule has 5 heteroatoms. The molecule has 90 valence electrons. The van der Waals surface area contributed by atoms with E-state index in [0.717, 1.165) is 0 Å². The Kier molecular flexibility index (Phi) is 3.73. The highest BCUT2D eigenvalue weighted by molar-refractivity contribution is 4.93. The van der Waals surface area contributed by atoms with E-state index in [0.29, 0.717) is 0 Å². The second-order valence-corrected chi connectivity index (χ2v) is 5.12. The summed E-state index contributed by atoms with van der Waals surface area (Å²) in [6, 6.07) is 0. The molecule has 1 fully saturated rings. The van der Waals surface area contributed by atoms with Crippen LogP contribution in [0.3, 0.4) is 0 Å². The highest BCUT2D eigenvalue weighted by Gasteiger charge is 2.48. The molecule has 5 nitrogen and oxygen atoms in total. The maximum atomic E-state index is 9.84. The predicted molar refractivity (Wildman–Crippen MR) is 52.9 cm³/mol. The SMILES string of the molecule is CC(C)(C)C1C(O)OC(CO)C(O)C1O. The minimum atomic E-state index is -1.17. The quantitative estimate of drug-likeness (QED) is 0.459. The number of aliphatic hydroxyl groups is 4. The van der Waals surface area contributed by atoms with Gasteiger partial charge in [0.2, 0.25) is 0 Å². The largest absolute Gasteiger partial charge is 0.394 e. The van der Waals surface area contributed by atoms with Crippen molar-refractivity contribution in [3.63, 3.8) is 0 Å². The number of ether oxygens (including phenoxy) is 1. The molecular weight excluding hydrogens is 200 g/mol. The van der Waals surface area contributed by atoms with E-state index in [1.165, 1.54) is 0 Å². The first-order chi connectivity index (χ1) is 6.79. The van der Waals surface area contributed by atoms with Gasteiger partial charge in [0.15, 0.2) is 6.29 Å². The number of rotatable bonds is 1. The van der Waals surface area contributed by atoms with Crippen molar-refractivity contribution in [2.45, 2.75) is 45.4 Å². The van der Waals surface area contributed by atoms with E-state index < -0.39 is 37.1 Å². The fraction of sp³-hybridized carbons (Fsp3) is 1.00. The lowest BCUT2D eigenvalue weighted by Crippen LogP contribution is -2.58. The Morgan fingerprint density at radius 1 is 1.07 bits per heavy atom. The summed E-state index contributed by atoms with van der Waals surface area (Å²) in [5, 5.41) is 38.1. The van der Waals surface area contributed by atoms with Crippen molar-refractivity contribution in [3.8, 4) is 0 Å². The van der Waals surface area contributed by atoms with E-state index in [4.69, 9.17) is 9.84 Å². The van der Waals surface area contributed by atoms with E-state index >= 15 is 0 Å². The van der Waals surface area contributed by atoms with Crippen molar-refractivity contribution < 1.29 is 25.2 Å². The summed E-state index contributed by atoms with van der Waals surface area (Å²) in [7, 11) is 0. The van der Waals surface area contributed by atoms with Gasteiger partial charge < -0.3 is 25.2 Å². The van der Waals surface area contributed by atoms with Crippen LogP contribution in [0.4, 0.5) is 0 Å². The molecule has 0 bridgehead atoms. The second kappa shape index (κ2) is 4.35. The highest BCUT2D eigenvalue weighted by Crippen LogP contribution is 2.37. The van der Waals surface area contributed by atoms with Crippen molar-refractivity contribution in [1.29, 1.82) is 0 Å². The lowest BCUT2D eigenvalue weighted by molar-refractivity contribution is -0.286. The van der Waals surface area contributed by atoms with Crippen LogP contribution in [0, 0.1) is 11.3 Å². The summed E-state index contributed by atoms with van der Waals surface area (Å²) < 4.78 is 5.05. The monoisotopic (exact) mass is 220 g/mol. The zero-order valence-electron chi connectivity index (χ0n) is 9.29. The molecule has 0 spiro atoms. The predicted octanol–water partition coefficient (Wildman–Crippen LogP) is -0.920. The topological polar surface area (TPSA) is 90.2 Å². The minimum absolute atomic E-state index is 0.389. The molecule has 1 aliphatic rings. The molecule has 0 aromatic rings. The number of aliphatic hydroxyl groups excluding tert-OH is 4. The average molecular weight is 220 g/mol. The molecule has 1 rings (SSSR count). The van der Waals surface area contributed by atoms with Crippen LogP contribution in [-0.4, -0.2) is 51.6 Å². The van der Waals surface area contributed by atoms with Gasteiger partial charge >= 0.3 is 0 Å². The molecule has 1 aliphatic heterocycles. The Bertz CT molecular complexity index is 212. The van der Waals surface area contributed by atoms with Gasteiger partial charge in [0.1, 0.15) is 12.2 Å². The van der Waals surface area contributed by atoms with E-state index in [9.17, 15) is 15.3 Å². The first-order valence-corrected chi connectivity index (χ1v) is 5.09. The summed E-state index contributed by atoms with van der Waals surface area (Å²) in [6.07, 6.45) is -4.34. The van der Waals surface area contributed by atoms with Crippen LogP contribution in [0.15, 0.2) is 0 Å². The van der Waals surface area contributed by atoms with Gasteiger partial charge in [-0.15, -0.1) is 0 Å². The third-order valence-electron chi connectivity index (χ3n) is 2.90. The van der Waals surface area contributed by atoms with Crippen LogP contribution in [0.2, 0.25) is 0 Å². The van der Waals surface area contributed by atoms with Gasteiger partial charge in [0.05, 0.1) is 12.7 Å². The van der Waals surface area contributed by atoms with Crippen molar-refractivity contribution in [3.05, 3.63) is 0 Å². The maximum Gasteiger partial charge on any atom is 0.161 e. The maximum absolute atomic E-state index is 9.84. The molecule has 0 aromatic carbocycles. The lowest BCUT2D eigenvalue weighted by atomic mass is 9.73. The van der Waals surface area contributed by atoms with Gasteiger partial charge in [-0.2, -0.15) is 0 Å². The Morgan fingerprint density at radius 3 is 2.00 bits per heavy atom. The van der Waals surface area contributed by atoms with Gasteiger partial charge in [-0.3, -0.25) is 0 Å². The summed E-state index contributed by atoms with van der Waals surface area (Å²) in [4.78, 5) is 0. The van der Waals surface area contributed by atoms with Crippen LogP contribution >= 0.6 is 0 Å². The molecule has 5 unspecified atom stereocenters. The highest BCUT2D eigenvalue weighted by atomic mass is 16.6. The van der Waals surface area contributed by atoms with Gasteiger partial charge in [0, 0.05) is 5.92 Å². The fourth-order valence-corrected chi connectivity index (χ4v) is 2.04. The molecule has 1 saturated heterocycles. The van der Waals surface area contributed by atoms with Gasteiger partial charge in [-0.1, -0.05) is 20.8 Å². The minimum Gasteiger partial charge on any atom is -0.394 e. The van der Waals surface area contributed by atoms with E-state index in [-0.39, 0.29) is 5.41 Å². The third kappa shape index (κ3) is 2.49. The van der Waals surface area contributed by atoms with E-state index in [1.54, 1.807) is 0 Å². The summed E-state index contributed by atoms with van der Waals surface area (Å²) >= 11 is 0. The summed E-state index contributed by atoms with van der Waals surface area (Å²) in [5.74, 6) is -0.574. The average Bonchev–Trinajstić information content (AvgIpc) is 2.09. The molecular formula is C10H20O5. The Morgan fingerprint density at radius 2 is 1.60 bits per heavy atom. The molecule has 0 saturated carbocycles. The van der Waals surface area contributed by atoms with Crippen LogP contribution in [0.1, 0.15) is 20.8 Å². The van der Waals surface area contributed by atoms with Crippen molar-refractivity contribution in [2.24, 2.45) is 11.3 Å². The first-order valence-electron chi connectivity index (χ1n) is 5.09. The smallest absolute Gasteiger partial charge is 0.161 e. The standard InChI is InChI=1S/C10H20O5/c1-10(2,3)6-8(13)7(12)5(4-11)15-9(6)14/h5-9,11-14H,4H2,1-3H3. The molecule has 1 heterocycles. The Hall–Kier alpha value is -0.200. The molecule has 4 N–H and O–H groups in total. The van der Waals surface area contributed by atoms with Crippen LogP contribution in [-0.2, 0) is 4.74 Å². The number of hydrogen-bond donors (Lipinski definition) is 4. The molecule has 0 aliphatic carbocycles. The Labute approximate surface area is 89.3 Å². The summed E-state index contributed by atoms with van der Waals surface area (Å²) in [6.45, 7) is 5.12. The molecule has 0 amide bonds. The van der Waals surface area contributed by atoms with Gasteiger partial charge in [-0.25, -0.2) is 0 Å². The molecule has 5 atom stereocenters. The van der Waals surface area contributed by atoms with Crippen molar-refractivity contribution >= 4 is 0 Å². The van der Waals surface area contributed by atoms with Gasteiger partial charge in [0.25, 0.3) is 0 Å². The van der Waals surface area contributed by atoms with E-state index in [2.05, 4.69) is 0 Å². The second-order valence-electron chi connectivity index (χ2n) is 5.12. The first kappa shape index (κ1) is 12.9. The molecule has 15 heavy (non-hydrogen) atoms. The fourth-order valence-electron chi connectivity index (χ4n) is 2.04.